The molecule has 0 aliphatic heterocycles. The zero-order valence-electron chi connectivity index (χ0n) is 7.02. The highest BCUT2D eigenvalue weighted by Crippen LogP contribution is 2.33. The van der Waals surface area contributed by atoms with Crippen molar-refractivity contribution < 1.29 is 0 Å². The van der Waals surface area contributed by atoms with E-state index in [2.05, 4.69) is 45.9 Å². The van der Waals surface area contributed by atoms with E-state index in [9.17, 15) is 0 Å². The van der Waals surface area contributed by atoms with Crippen LogP contribution in [-0.2, 0) is 0 Å². The average Bonchev–Trinajstić information content (AvgIpc) is 1.81. The molecule has 10 heavy (non-hydrogen) atoms. The molecule has 0 bridgehead atoms. The molecule has 0 aromatic rings. The lowest BCUT2D eigenvalue weighted by atomic mass is 9.76. The van der Waals surface area contributed by atoms with Gasteiger partial charge < -0.3 is 0 Å². The van der Waals surface area contributed by atoms with Gasteiger partial charge in [0.15, 0.2) is 0 Å². The van der Waals surface area contributed by atoms with Crippen LogP contribution in [0, 0.1) is 18.3 Å². The molecular formula is C10H15. The van der Waals surface area contributed by atoms with Crippen molar-refractivity contribution in [1.82, 2.24) is 0 Å². The van der Waals surface area contributed by atoms with Crippen LogP contribution in [0.4, 0.5) is 0 Å². The van der Waals surface area contributed by atoms with E-state index in [-0.39, 0.29) is 5.41 Å². The predicted octanol–water partition coefficient (Wildman–Crippen LogP) is 2.98. The van der Waals surface area contributed by atoms with E-state index in [1.54, 1.807) is 0 Å². The Morgan fingerprint density at radius 2 is 2.20 bits per heavy atom. The van der Waals surface area contributed by atoms with Crippen molar-refractivity contribution in [2.45, 2.75) is 20.8 Å². The van der Waals surface area contributed by atoms with Crippen molar-refractivity contribution in [3.05, 3.63) is 30.7 Å². The standard InChI is InChI=1S/C10H15/c1-8-5-6-10(3,4)9(2)7-8/h5-7,9H,3H2,1-2,4H3. The lowest BCUT2D eigenvalue weighted by Crippen LogP contribution is -2.19. The highest BCUT2D eigenvalue weighted by molar-refractivity contribution is 5.26. The number of allylic oxidation sites excluding steroid dienone is 4. The van der Waals surface area contributed by atoms with Crippen molar-refractivity contribution in [1.29, 1.82) is 0 Å². The van der Waals surface area contributed by atoms with Crippen LogP contribution in [0.1, 0.15) is 20.8 Å². The second-order valence-corrected chi connectivity index (χ2v) is 3.54. The van der Waals surface area contributed by atoms with E-state index in [1.165, 1.54) is 5.57 Å². The molecule has 1 rings (SSSR count). The van der Waals surface area contributed by atoms with E-state index < -0.39 is 0 Å². The van der Waals surface area contributed by atoms with Crippen LogP contribution in [0.5, 0.6) is 0 Å². The normalized spacial score (nSPS) is 30.0. The summed E-state index contributed by atoms with van der Waals surface area (Å²) in [5.74, 6) is 0.567. The molecule has 2 unspecified atom stereocenters. The summed E-state index contributed by atoms with van der Waals surface area (Å²) in [5.41, 5.74) is 1.47. The molecule has 55 valence electrons. The summed E-state index contributed by atoms with van der Waals surface area (Å²) in [6.45, 7) is 10.6. The Kier molecular flexibility index (Phi) is 1.72. The maximum absolute atomic E-state index is 4.11. The summed E-state index contributed by atoms with van der Waals surface area (Å²) < 4.78 is 0. The Morgan fingerprint density at radius 3 is 2.60 bits per heavy atom. The molecule has 0 spiro atoms. The van der Waals surface area contributed by atoms with Crippen LogP contribution in [0.2, 0.25) is 0 Å². The van der Waals surface area contributed by atoms with Crippen LogP contribution in [0.25, 0.3) is 0 Å². The van der Waals surface area contributed by atoms with Gasteiger partial charge in [-0.05, 0) is 25.2 Å². The number of hydrogen-bond acceptors (Lipinski definition) is 0. The van der Waals surface area contributed by atoms with E-state index in [0.29, 0.717) is 5.92 Å². The first kappa shape index (κ1) is 7.59. The minimum Gasteiger partial charge on any atom is -0.0779 e. The van der Waals surface area contributed by atoms with Gasteiger partial charge in [0.2, 0.25) is 0 Å². The molecular weight excluding hydrogens is 120 g/mol. The Morgan fingerprint density at radius 1 is 1.60 bits per heavy atom. The van der Waals surface area contributed by atoms with Crippen LogP contribution < -0.4 is 0 Å². The minimum atomic E-state index is 0.111. The molecule has 0 N–H and O–H groups in total. The van der Waals surface area contributed by atoms with Gasteiger partial charge in [-0.1, -0.05) is 37.6 Å². The second kappa shape index (κ2) is 2.26. The van der Waals surface area contributed by atoms with Crippen molar-refractivity contribution in [2.24, 2.45) is 11.3 Å². The molecule has 0 aromatic heterocycles. The Balaban J connectivity index is 2.84. The zero-order valence-corrected chi connectivity index (χ0v) is 7.02. The van der Waals surface area contributed by atoms with Gasteiger partial charge in [0.05, 0.1) is 0 Å². The Hall–Kier alpha value is -0.520. The lowest BCUT2D eigenvalue weighted by molar-refractivity contribution is 0.412. The Bertz CT molecular complexity index is 182. The van der Waals surface area contributed by atoms with Gasteiger partial charge in [0, 0.05) is 0 Å². The van der Waals surface area contributed by atoms with Crippen LogP contribution in [0.15, 0.2) is 23.8 Å². The van der Waals surface area contributed by atoms with Crippen molar-refractivity contribution >= 4 is 0 Å². The molecule has 1 aliphatic carbocycles. The van der Waals surface area contributed by atoms with E-state index in [4.69, 9.17) is 0 Å². The third-order valence-corrected chi connectivity index (χ3v) is 2.28. The zero-order chi connectivity index (χ0) is 7.78. The van der Waals surface area contributed by atoms with Crippen LogP contribution in [0.3, 0.4) is 0 Å². The molecule has 1 radical (unpaired) electrons. The highest BCUT2D eigenvalue weighted by atomic mass is 14.3. The molecule has 0 saturated carbocycles. The van der Waals surface area contributed by atoms with Gasteiger partial charge in [-0.2, -0.15) is 0 Å². The average molecular weight is 135 g/mol. The largest absolute Gasteiger partial charge is 0.0779 e. The topological polar surface area (TPSA) is 0 Å². The van der Waals surface area contributed by atoms with Crippen molar-refractivity contribution in [2.75, 3.05) is 0 Å². The van der Waals surface area contributed by atoms with Gasteiger partial charge in [-0.25, -0.2) is 0 Å². The third kappa shape index (κ3) is 1.31. The number of hydrogen-bond donors (Lipinski definition) is 0. The number of rotatable bonds is 0. The first-order valence-electron chi connectivity index (χ1n) is 3.75. The van der Waals surface area contributed by atoms with Gasteiger partial charge in [0.25, 0.3) is 0 Å². The second-order valence-electron chi connectivity index (χ2n) is 3.54. The minimum absolute atomic E-state index is 0.111. The monoisotopic (exact) mass is 135 g/mol. The lowest BCUT2D eigenvalue weighted by Gasteiger charge is -2.29. The predicted molar refractivity (Wildman–Crippen MR) is 45.5 cm³/mol. The third-order valence-electron chi connectivity index (χ3n) is 2.28. The molecule has 2 atom stereocenters. The van der Waals surface area contributed by atoms with Gasteiger partial charge in [-0.3, -0.25) is 0 Å². The first-order valence-corrected chi connectivity index (χ1v) is 3.75. The summed E-state index contributed by atoms with van der Waals surface area (Å²) in [6.07, 6.45) is 6.60. The van der Waals surface area contributed by atoms with Crippen LogP contribution in [-0.4, -0.2) is 0 Å². The van der Waals surface area contributed by atoms with E-state index in [1.807, 2.05) is 0 Å². The smallest absolute Gasteiger partial charge is 0.00827 e. The highest BCUT2D eigenvalue weighted by Gasteiger charge is 2.22. The summed E-state index contributed by atoms with van der Waals surface area (Å²) in [6, 6.07) is 0. The van der Waals surface area contributed by atoms with Gasteiger partial charge in [-0.15, -0.1) is 0 Å². The molecule has 0 amide bonds. The molecule has 0 aromatic carbocycles. The molecule has 0 fully saturated rings. The summed E-state index contributed by atoms with van der Waals surface area (Å²) >= 11 is 0. The van der Waals surface area contributed by atoms with Gasteiger partial charge >= 0.3 is 0 Å². The molecule has 1 aliphatic rings. The summed E-state index contributed by atoms with van der Waals surface area (Å²) in [4.78, 5) is 0. The maximum Gasteiger partial charge on any atom is -0.00827 e. The SMILES string of the molecule is [CH2]C1(C)C=CC(C)=CC1C. The summed E-state index contributed by atoms with van der Waals surface area (Å²) in [7, 11) is 0. The molecule has 0 heterocycles. The fourth-order valence-corrected chi connectivity index (χ4v) is 1.11. The fraction of sp³-hybridized carbons (Fsp3) is 0.500. The molecule has 0 heteroatoms. The van der Waals surface area contributed by atoms with Crippen molar-refractivity contribution in [3.63, 3.8) is 0 Å². The summed E-state index contributed by atoms with van der Waals surface area (Å²) in [5, 5.41) is 0. The maximum atomic E-state index is 4.11. The van der Waals surface area contributed by atoms with E-state index >= 15 is 0 Å². The quantitative estimate of drug-likeness (QED) is 0.479. The first-order chi connectivity index (χ1) is 4.52. The van der Waals surface area contributed by atoms with Crippen molar-refractivity contribution in [3.8, 4) is 0 Å². The Labute approximate surface area is 63.6 Å². The molecule has 0 nitrogen and oxygen atoms in total. The van der Waals surface area contributed by atoms with E-state index in [0.717, 1.165) is 0 Å². The van der Waals surface area contributed by atoms with Gasteiger partial charge in [0.1, 0.15) is 0 Å². The van der Waals surface area contributed by atoms with Crippen LogP contribution >= 0.6 is 0 Å². The molecule has 0 saturated heterocycles. The fourth-order valence-electron chi connectivity index (χ4n) is 1.11.